The number of phosphoric acid groups is 1. The molecule has 8 nitrogen and oxygen atoms in total. The molecule has 0 saturated carbocycles. The van der Waals surface area contributed by atoms with Gasteiger partial charge in [0.15, 0.2) is 0 Å². The molecule has 0 aliphatic heterocycles. The first-order valence-electron chi connectivity index (χ1n) is 20.2. The first kappa shape index (κ1) is 48.0. The number of hydrogen-bond acceptors (Lipinski definition) is 5. The van der Waals surface area contributed by atoms with Crippen LogP contribution in [0.4, 0.5) is 0 Å². The highest BCUT2D eigenvalue weighted by Gasteiger charge is 2.27. The third kappa shape index (κ3) is 35.2. The zero-order chi connectivity index (χ0) is 36.5. The molecular weight excluding hydrogens is 635 g/mol. The van der Waals surface area contributed by atoms with Crippen molar-refractivity contribution < 1.29 is 32.9 Å². The molecule has 0 fully saturated rings. The molecule has 290 valence electrons. The van der Waals surface area contributed by atoms with Crippen molar-refractivity contribution >= 4 is 13.7 Å². The van der Waals surface area contributed by atoms with Gasteiger partial charge >= 0.3 is 7.82 Å². The Bertz CT molecular complexity index is 860. The standard InChI is InChI=1S/C40H79N2O6P/c1-6-8-10-12-14-16-18-20-21-22-24-26-28-30-32-34-40(44)41-38(37-48-49(45,46)47-36-35-42(3,4)5)39(43)33-31-29-27-25-23-19-17-15-13-11-9-7-2/h16,18,31,33,38-39,43H,6-15,17,19-30,32,34-37H2,1-5H3,(H-,41,44,45,46)/p+1/b18-16-,33-31+. The number of aliphatic hydroxyl groups is 1. The molecule has 0 heterocycles. The van der Waals surface area contributed by atoms with Crippen molar-refractivity contribution in [2.45, 2.75) is 187 Å². The molecule has 3 N–H and O–H groups in total. The van der Waals surface area contributed by atoms with E-state index in [1.54, 1.807) is 6.08 Å². The molecule has 0 aliphatic carbocycles. The number of rotatable bonds is 36. The number of hydrogen-bond donors (Lipinski definition) is 3. The SMILES string of the molecule is CCCCCC/C=C\CCCCCCCCCC(=O)NC(COP(=O)(O)OCC[N+](C)(C)C)C(O)/C=C/CCCCCCCCCCCC. The van der Waals surface area contributed by atoms with Crippen LogP contribution in [0, 0.1) is 0 Å². The van der Waals surface area contributed by atoms with Crippen molar-refractivity contribution in [3.05, 3.63) is 24.3 Å². The van der Waals surface area contributed by atoms with Gasteiger partial charge in [-0.15, -0.1) is 0 Å². The summed E-state index contributed by atoms with van der Waals surface area (Å²) in [7, 11) is 1.57. The second-order valence-electron chi connectivity index (χ2n) is 15.0. The Labute approximate surface area is 303 Å². The van der Waals surface area contributed by atoms with Crippen molar-refractivity contribution in [3.8, 4) is 0 Å². The number of nitrogens with zero attached hydrogens (tertiary/aromatic N) is 1. The van der Waals surface area contributed by atoms with Crippen LogP contribution in [0.2, 0.25) is 0 Å². The molecule has 1 amide bonds. The van der Waals surface area contributed by atoms with Crippen LogP contribution < -0.4 is 5.32 Å². The molecule has 0 aromatic carbocycles. The van der Waals surface area contributed by atoms with Crippen LogP contribution in [0.15, 0.2) is 24.3 Å². The molecule has 9 heteroatoms. The average molecular weight is 716 g/mol. The van der Waals surface area contributed by atoms with Crippen molar-refractivity contribution in [3.63, 3.8) is 0 Å². The van der Waals surface area contributed by atoms with E-state index in [-0.39, 0.29) is 19.1 Å². The maximum Gasteiger partial charge on any atom is 0.472 e. The van der Waals surface area contributed by atoms with Gasteiger partial charge in [0, 0.05) is 6.42 Å². The van der Waals surface area contributed by atoms with Crippen molar-refractivity contribution in [1.29, 1.82) is 0 Å². The van der Waals surface area contributed by atoms with E-state index in [4.69, 9.17) is 9.05 Å². The lowest BCUT2D eigenvalue weighted by Gasteiger charge is -2.25. The minimum atomic E-state index is -4.33. The summed E-state index contributed by atoms with van der Waals surface area (Å²) in [5.74, 6) is -0.184. The van der Waals surface area contributed by atoms with E-state index in [0.717, 1.165) is 38.5 Å². The molecule has 0 rings (SSSR count). The minimum Gasteiger partial charge on any atom is -0.387 e. The Morgan fingerprint density at radius 1 is 0.673 bits per heavy atom. The van der Waals surface area contributed by atoms with Gasteiger partial charge in [0.05, 0.1) is 39.9 Å². The molecular formula is C40H80N2O6P+. The third-order valence-corrected chi connectivity index (χ3v) is 9.90. The molecule has 3 atom stereocenters. The van der Waals surface area contributed by atoms with Gasteiger partial charge in [-0.1, -0.05) is 147 Å². The summed E-state index contributed by atoms with van der Waals surface area (Å²) in [5, 5.41) is 13.8. The molecule has 0 aromatic heterocycles. The lowest BCUT2D eigenvalue weighted by atomic mass is 10.1. The minimum absolute atomic E-state index is 0.0614. The number of aliphatic hydroxyl groups excluding tert-OH is 1. The summed E-state index contributed by atoms with van der Waals surface area (Å²) in [6.07, 6.45) is 36.6. The Kier molecular flexibility index (Phi) is 32.2. The molecule has 49 heavy (non-hydrogen) atoms. The zero-order valence-corrected chi connectivity index (χ0v) is 33.6. The van der Waals surface area contributed by atoms with Crippen LogP contribution >= 0.6 is 7.82 Å². The Morgan fingerprint density at radius 3 is 1.59 bits per heavy atom. The summed E-state index contributed by atoms with van der Waals surface area (Å²) in [5.41, 5.74) is 0. The number of nitrogens with one attached hydrogen (secondary N) is 1. The Balaban J connectivity index is 4.49. The van der Waals surface area contributed by atoms with E-state index < -0.39 is 20.0 Å². The van der Waals surface area contributed by atoms with Gasteiger partial charge in [0.25, 0.3) is 0 Å². The van der Waals surface area contributed by atoms with E-state index in [2.05, 4.69) is 31.3 Å². The maximum atomic E-state index is 12.8. The van der Waals surface area contributed by atoms with Gasteiger partial charge in [0.1, 0.15) is 13.2 Å². The number of amides is 1. The van der Waals surface area contributed by atoms with Gasteiger partial charge < -0.3 is 19.8 Å². The second-order valence-corrected chi connectivity index (χ2v) is 16.5. The van der Waals surface area contributed by atoms with Crippen molar-refractivity contribution in [1.82, 2.24) is 5.32 Å². The number of allylic oxidation sites excluding steroid dienone is 3. The largest absolute Gasteiger partial charge is 0.472 e. The first-order chi connectivity index (χ1) is 23.5. The Hall–Kier alpha value is -1.02. The predicted octanol–water partition coefficient (Wildman–Crippen LogP) is 10.6. The number of phosphoric ester groups is 1. The summed E-state index contributed by atoms with van der Waals surface area (Å²) in [4.78, 5) is 23.0. The summed E-state index contributed by atoms with van der Waals surface area (Å²) < 4.78 is 23.5. The van der Waals surface area contributed by atoms with Crippen LogP contribution in [-0.2, 0) is 18.4 Å². The van der Waals surface area contributed by atoms with Crippen LogP contribution in [0.5, 0.6) is 0 Å². The molecule has 0 radical (unpaired) electrons. The molecule has 3 unspecified atom stereocenters. The first-order valence-corrected chi connectivity index (χ1v) is 21.7. The Morgan fingerprint density at radius 2 is 1.10 bits per heavy atom. The molecule has 0 saturated heterocycles. The molecule has 0 spiro atoms. The van der Waals surface area contributed by atoms with Gasteiger partial charge in [0.2, 0.25) is 5.91 Å². The van der Waals surface area contributed by atoms with E-state index >= 15 is 0 Å². The molecule has 0 aromatic rings. The smallest absolute Gasteiger partial charge is 0.387 e. The fourth-order valence-electron chi connectivity index (χ4n) is 5.62. The maximum absolute atomic E-state index is 12.8. The highest BCUT2D eigenvalue weighted by atomic mass is 31.2. The zero-order valence-electron chi connectivity index (χ0n) is 32.7. The van der Waals surface area contributed by atoms with E-state index in [1.807, 2.05) is 27.2 Å². The number of carbonyl (C=O) groups is 1. The van der Waals surface area contributed by atoms with Crippen molar-refractivity contribution in [2.75, 3.05) is 40.9 Å². The summed E-state index contributed by atoms with van der Waals surface area (Å²) >= 11 is 0. The average Bonchev–Trinajstić information content (AvgIpc) is 3.04. The highest BCUT2D eigenvalue weighted by Crippen LogP contribution is 2.43. The third-order valence-electron chi connectivity index (χ3n) is 8.92. The topological polar surface area (TPSA) is 105 Å². The van der Waals surface area contributed by atoms with Gasteiger partial charge in [-0.2, -0.15) is 0 Å². The normalized spacial score (nSPS) is 14.8. The number of quaternary nitrogens is 1. The fraction of sp³-hybridized carbons (Fsp3) is 0.875. The van der Waals surface area contributed by atoms with E-state index in [0.29, 0.717) is 17.4 Å². The van der Waals surface area contributed by atoms with Crippen LogP contribution in [0.1, 0.15) is 174 Å². The lowest BCUT2D eigenvalue weighted by molar-refractivity contribution is -0.870. The number of unbranched alkanes of at least 4 members (excludes halogenated alkanes) is 21. The summed E-state index contributed by atoms with van der Waals surface area (Å²) in [6.45, 7) is 4.77. The van der Waals surface area contributed by atoms with E-state index in [1.165, 1.54) is 116 Å². The predicted molar refractivity (Wildman–Crippen MR) is 208 cm³/mol. The molecule has 0 aliphatic rings. The monoisotopic (exact) mass is 716 g/mol. The van der Waals surface area contributed by atoms with Crippen molar-refractivity contribution in [2.24, 2.45) is 0 Å². The van der Waals surface area contributed by atoms with Gasteiger partial charge in [-0.3, -0.25) is 13.8 Å². The van der Waals surface area contributed by atoms with Crippen LogP contribution in [0.25, 0.3) is 0 Å². The van der Waals surface area contributed by atoms with Gasteiger partial charge in [-0.05, 0) is 44.9 Å². The lowest BCUT2D eigenvalue weighted by Crippen LogP contribution is -2.45. The fourth-order valence-corrected chi connectivity index (χ4v) is 6.36. The van der Waals surface area contributed by atoms with E-state index in [9.17, 15) is 19.4 Å². The quantitative estimate of drug-likeness (QED) is 0.0258. The number of carbonyl (C=O) groups excluding carboxylic acids is 1. The van der Waals surface area contributed by atoms with Crippen LogP contribution in [-0.4, -0.2) is 73.4 Å². The molecule has 0 bridgehead atoms. The second kappa shape index (κ2) is 32.9. The highest BCUT2D eigenvalue weighted by molar-refractivity contribution is 7.47. The van der Waals surface area contributed by atoms with Crippen LogP contribution in [0.3, 0.4) is 0 Å². The van der Waals surface area contributed by atoms with Gasteiger partial charge in [-0.25, -0.2) is 4.57 Å². The summed E-state index contributed by atoms with van der Waals surface area (Å²) in [6, 6.07) is -0.843. The number of likely N-dealkylation sites (N-methyl/N-ethyl adjacent to an activating group) is 1.